The standard InChI is InChI=1S/C22H26N4O/c1-24-12-5-8-19(24)21(27)26-14-10-22(11-15-26)20-17(9-13-25(22)2)16-6-3-4-7-18(16)23-20/h3-8,12,23H,9-11,13-15H2,1-2H3. The fourth-order valence-corrected chi connectivity index (χ4v) is 5.10. The molecule has 140 valence electrons. The maximum absolute atomic E-state index is 12.9. The van der Waals surface area contributed by atoms with E-state index in [0.29, 0.717) is 0 Å². The van der Waals surface area contributed by atoms with Crippen LogP contribution in [0, 0.1) is 0 Å². The van der Waals surface area contributed by atoms with Gasteiger partial charge in [0, 0.05) is 49.5 Å². The second-order valence-electron chi connectivity index (χ2n) is 8.02. The van der Waals surface area contributed by atoms with Crippen LogP contribution in [0.5, 0.6) is 0 Å². The molecule has 2 aliphatic rings. The van der Waals surface area contributed by atoms with Crippen molar-refractivity contribution < 1.29 is 4.79 Å². The number of H-pyrrole nitrogens is 1. The number of nitrogens with zero attached hydrogens (tertiary/aromatic N) is 3. The molecule has 5 rings (SSSR count). The summed E-state index contributed by atoms with van der Waals surface area (Å²) in [4.78, 5) is 21.2. The van der Waals surface area contributed by atoms with E-state index in [4.69, 9.17) is 0 Å². The fraction of sp³-hybridized carbons (Fsp3) is 0.409. The van der Waals surface area contributed by atoms with Gasteiger partial charge in [-0.2, -0.15) is 0 Å². The molecular weight excluding hydrogens is 336 g/mol. The first-order valence-corrected chi connectivity index (χ1v) is 9.82. The van der Waals surface area contributed by atoms with Gasteiger partial charge in [-0.3, -0.25) is 9.69 Å². The van der Waals surface area contributed by atoms with Crippen LogP contribution < -0.4 is 0 Å². The molecule has 1 saturated heterocycles. The number of aryl methyl sites for hydroxylation is 1. The average Bonchev–Trinajstić information content (AvgIpc) is 3.29. The van der Waals surface area contributed by atoms with Crippen molar-refractivity contribution >= 4 is 16.8 Å². The molecule has 27 heavy (non-hydrogen) atoms. The molecule has 5 nitrogen and oxygen atoms in total. The van der Waals surface area contributed by atoms with Gasteiger partial charge in [-0.1, -0.05) is 18.2 Å². The molecule has 2 aliphatic heterocycles. The zero-order valence-electron chi connectivity index (χ0n) is 16.0. The lowest BCUT2D eigenvalue weighted by molar-refractivity contribution is 0.0227. The van der Waals surface area contributed by atoms with Crippen molar-refractivity contribution in [2.45, 2.75) is 24.8 Å². The number of fused-ring (bicyclic) bond motifs is 4. The summed E-state index contributed by atoms with van der Waals surface area (Å²) >= 11 is 0. The SMILES string of the molecule is CN1CCc2c([nH]c3ccccc23)C12CCN(C(=O)c1cccn1C)CC2. The number of aromatic amines is 1. The van der Waals surface area contributed by atoms with Gasteiger partial charge in [0.25, 0.3) is 5.91 Å². The molecule has 0 unspecified atom stereocenters. The van der Waals surface area contributed by atoms with Crippen LogP contribution in [0.3, 0.4) is 0 Å². The quantitative estimate of drug-likeness (QED) is 0.723. The van der Waals surface area contributed by atoms with E-state index in [0.717, 1.165) is 44.6 Å². The Kier molecular flexibility index (Phi) is 3.69. The average molecular weight is 362 g/mol. The number of rotatable bonds is 1. The number of para-hydroxylation sites is 1. The number of carbonyl (C=O) groups excluding carboxylic acids is 1. The van der Waals surface area contributed by atoms with Crippen molar-refractivity contribution in [2.24, 2.45) is 7.05 Å². The first-order chi connectivity index (χ1) is 13.1. The third-order valence-corrected chi connectivity index (χ3v) is 6.75. The minimum Gasteiger partial charge on any atom is -0.357 e. The molecule has 1 N–H and O–H groups in total. The van der Waals surface area contributed by atoms with E-state index in [1.165, 1.54) is 22.2 Å². The Morgan fingerprint density at radius 3 is 2.56 bits per heavy atom. The van der Waals surface area contributed by atoms with Crippen LogP contribution in [0.2, 0.25) is 0 Å². The molecule has 4 heterocycles. The Morgan fingerprint density at radius 2 is 1.81 bits per heavy atom. The first-order valence-electron chi connectivity index (χ1n) is 9.82. The second kappa shape index (κ2) is 5.99. The number of amides is 1. The summed E-state index contributed by atoms with van der Waals surface area (Å²) in [7, 11) is 4.17. The molecule has 1 aromatic carbocycles. The highest BCUT2D eigenvalue weighted by Gasteiger charge is 2.45. The van der Waals surface area contributed by atoms with Gasteiger partial charge in [-0.05, 0) is 50.1 Å². The topological polar surface area (TPSA) is 44.3 Å². The van der Waals surface area contributed by atoms with Crippen LogP contribution in [-0.4, -0.2) is 51.9 Å². The molecule has 2 aromatic heterocycles. The molecule has 3 aromatic rings. The van der Waals surface area contributed by atoms with E-state index in [-0.39, 0.29) is 11.4 Å². The van der Waals surface area contributed by atoms with Crippen molar-refractivity contribution in [3.8, 4) is 0 Å². The van der Waals surface area contributed by atoms with Gasteiger partial charge in [0.1, 0.15) is 5.69 Å². The second-order valence-corrected chi connectivity index (χ2v) is 8.02. The predicted molar refractivity (Wildman–Crippen MR) is 107 cm³/mol. The number of hydrogen-bond donors (Lipinski definition) is 1. The predicted octanol–water partition coefficient (Wildman–Crippen LogP) is 3.13. The molecule has 1 amide bonds. The summed E-state index contributed by atoms with van der Waals surface area (Å²) in [6, 6.07) is 12.5. The lowest BCUT2D eigenvalue weighted by Gasteiger charge is -2.49. The van der Waals surface area contributed by atoms with Crippen LogP contribution in [0.25, 0.3) is 10.9 Å². The first kappa shape index (κ1) is 16.6. The van der Waals surface area contributed by atoms with Gasteiger partial charge in [0.15, 0.2) is 0 Å². The van der Waals surface area contributed by atoms with Crippen LogP contribution in [0.15, 0.2) is 42.6 Å². The van der Waals surface area contributed by atoms with Crippen molar-refractivity contribution in [3.05, 3.63) is 59.5 Å². The summed E-state index contributed by atoms with van der Waals surface area (Å²) in [5.74, 6) is 0.146. The van der Waals surface area contributed by atoms with Crippen molar-refractivity contribution in [1.29, 1.82) is 0 Å². The van der Waals surface area contributed by atoms with E-state index in [1.54, 1.807) is 0 Å². The number of piperidine rings is 1. The molecule has 0 radical (unpaired) electrons. The highest BCUT2D eigenvalue weighted by molar-refractivity contribution is 5.93. The number of hydrogen-bond acceptors (Lipinski definition) is 2. The van der Waals surface area contributed by atoms with Gasteiger partial charge in [0.05, 0.1) is 5.54 Å². The monoisotopic (exact) mass is 362 g/mol. The Morgan fingerprint density at radius 1 is 1.04 bits per heavy atom. The Bertz CT molecular complexity index is 1010. The summed E-state index contributed by atoms with van der Waals surface area (Å²) in [6.07, 6.45) is 4.97. The molecule has 0 aliphatic carbocycles. The van der Waals surface area contributed by atoms with Gasteiger partial charge in [0.2, 0.25) is 0 Å². The van der Waals surface area contributed by atoms with E-state index < -0.39 is 0 Å². The van der Waals surface area contributed by atoms with Crippen LogP contribution in [-0.2, 0) is 19.0 Å². The molecule has 0 saturated carbocycles. The van der Waals surface area contributed by atoms with Crippen LogP contribution in [0.4, 0.5) is 0 Å². The molecule has 1 spiro atoms. The smallest absolute Gasteiger partial charge is 0.270 e. The van der Waals surface area contributed by atoms with Crippen molar-refractivity contribution in [1.82, 2.24) is 19.4 Å². The third kappa shape index (κ3) is 2.38. The number of likely N-dealkylation sites (tertiary alicyclic amines) is 1. The zero-order valence-corrected chi connectivity index (χ0v) is 16.0. The summed E-state index contributed by atoms with van der Waals surface area (Å²) in [6.45, 7) is 2.66. The Labute approximate surface area is 159 Å². The van der Waals surface area contributed by atoms with E-state index in [2.05, 4.69) is 41.2 Å². The lowest BCUT2D eigenvalue weighted by atomic mass is 9.78. The van der Waals surface area contributed by atoms with Crippen LogP contribution in [0.1, 0.15) is 34.6 Å². The highest BCUT2D eigenvalue weighted by atomic mass is 16.2. The maximum Gasteiger partial charge on any atom is 0.270 e. The van der Waals surface area contributed by atoms with Gasteiger partial charge in [-0.25, -0.2) is 0 Å². The van der Waals surface area contributed by atoms with E-state index in [1.807, 2.05) is 34.8 Å². The Balaban J connectivity index is 1.47. The maximum atomic E-state index is 12.9. The number of benzene rings is 1. The summed E-state index contributed by atoms with van der Waals surface area (Å²) in [5.41, 5.74) is 4.88. The largest absolute Gasteiger partial charge is 0.357 e. The summed E-state index contributed by atoms with van der Waals surface area (Å²) in [5, 5.41) is 1.36. The van der Waals surface area contributed by atoms with E-state index >= 15 is 0 Å². The number of aromatic nitrogens is 2. The molecular formula is C22H26N4O. The summed E-state index contributed by atoms with van der Waals surface area (Å²) < 4.78 is 1.91. The lowest BCUT2D eigenvalue weighted by Crippen LogP contribution is -2.55. The minimum atomic E-state index is 0.0115. The Hall–Kier alpha value is -2.53. The third-order valence-electron chi connectivity index (χ3n) is 6.75. The van der Waals surface area contributed by atoms with Crippen molar-refractivity contribution in [2.75, 3.05) is 26.7 Å². The fourth-order valence-electron chi connectivity index (χ4n) is 5.10. The molecule has 5 heteroatoms. The zero-order chi connectivity index (χ0) is 18.6. The number of likely N-dealkylation sites (N-methyl/N-ethyl adjacent to an activating group) is 1. The van der Waals surface area contributed by atoms with Gasteiger partial charge < -0.3 is 14.5 Å². The molecule has 0 bridgehead atoms. The van der Waals surface area contributed by atoms with E-state index in [9.17, 15) is 4.79 Å². The minimum absolute atomic E-state index is 0.0115. The van der Waals surface area contributed by atoms with Gasteiger partial charge >= 0.3 is 0 Å². The van der Waals surface area contributed by atoms with Crippen LogP contribution >= 0.6 is 0 Å². The molecule has 0 atom stereocenters. The number of carbonyl (C=O) groups is 1. The van der Waals surface area contributed by atoms with Gasteiger partial charge in [-0.15, -0.1) is 0 Å². The normalized spacial score (nSPS) is 19.6. The highest BCUT2D eigenvalue weighted by Crippen LogP contribution is 2.44. The number of nitrogens with one attached hydrogen (secondary N) is 1. The molecule has 1 fully saturated rings. The van der Waals surface area contributed by atoms with Crippen molar-refractivity contribution in [3.63, 3.8) is 0 Å².